The molecular formula is C23H34N4O5S. The second-order valence-corrected chi connectivity index (χ2v) is 11.1. The van der Waals surface area contributed by atoms with Gasteiger partial charge in [0, 0.05) is 55.8 Å². The van der Waals surface area contributed by atoms with E-state index in [9.17, 15) is 18.3 Å². The van der Waals surface area contributed by atoms with Crippen LogP contribution in [-0.2, 0) is 22.5 Å². The number of ether oxygens (including phenoxy) is 1. The molecule has 3 heterocycles. The first-order valence-electron chi connectivity index (χ1n) is 11.4. The van der Waals surface area contributed by atoms with Crippen LogP contribution in [0.25, 0.3) is 10.9 Å². The number of aliphatic hydroxyl groups is 1. The number of hydrogen-bond acceptors (Lipinski definition) is 5. The minimum Gasteiger partial charge on any atom is -0.497 e. The minimum atomic E-state index is -3.57. The molecule has 2 amide bonds. The smallest absolute Gasteiger partial charge is 0.317 e. The third kappa shape index (κ3) is 3.98. The van der Waals surface area contributed by atoms with E-state index in [1.807, 2.05) is 41.6 Å². The normalized spacial score (nSPS) is 20.8. The van der Waals surface area contributed by atoms with E-state index < -0.39 is 21.5 Å². The fourth-order valence-electron chi connectivity index (χ4n) is 5.55. The first-order chi connectivity index (χ1) is 15.7. The van der Waals surface area contributed by atoms with E-state index in [1.54, 1.807) is 7.11 Å². The van der Waals surface area contributed by atoms with E-state index in [2.05, 4.69) is 5.32 Å². The number of methoxy groups -OCH3 is 1. The number of likely N-dealkylation sites (tertiary alicyclic amines) is 1. The Hall–Kier alpha value is -2.30. The van der Waals surface area contributed by atoms with Crippen molar-refractivity contribution >= 4 is 27.0 Å². The highest BCUT2D eigenvalue weighted by atomic mass is 32.2. The highest BCUT2D eigenvalue weighted by Gasteiger charge is 2.50. The summed E-state index contributed by atoms with van der Waals surface area (Å²) < 4.78 is 34.5. The van der Waals surface area contributed by atoms with Crippen LogP contribution in [0.2, 0.25) is 0 Å². The predicted octanol–water partition coefficient (Wildman–Crippen LogP) is 1.95. The molecule has 4 rings (SSSR count). The van der Waals surface area contributed by atoms with Gasteiger partial charge in [-0.3, -0.25) is 0 Å². The minimum absolute atomic E-state index is 0.0707. The number of hydrogen-bond donors (Lipinski definition) is 2. The zero-order valence-electron chi connectivity index (χ0n) is 19.8. The Morgan fingerprint density at radius 2 is 2.00 bits per heavy atom. The van der Waals surface area contributed by atoms with Gasteiger partial charge in [0.25, 0.3) is 0 Å². The standard InChI is InChI=1S/C23H34N4O5S/c1-5-10-24-22(29)26-11-8-23(9-12-26)15-27(33(4,30)31)19(14-28)21-20(23)17-7-6-16(32-3)13-18(17)25(21)2/h6-7,13,19,28H,5,8-12,14-15H2,1-4H3,(H,24,29)/t19-/m1/s1. The van der Waals surface area contributed by atoms with Gasteiger partial charge in [-0.15, -0.1) is 0 Å². The van der Waals surface area contributed by atoms with Gasteiger partial charge >= 0.3 is 6.03 Å². The van der Waals surface area contributed by atoms with Gasteiger partial charge in [0.2, 0.25) is 10.0 Å². The molecule has 0 radical (unpaired) electrons. The third-order valence-electron chi connectivity index (χ3n) is 7.24. The van der Waals surface area contributed by atoms with Crippen molar-refractivity contribution in [1.82, 2.24) is 19.1 Å². The summed E-state index contributed by atoms with van der Waals surface area (Å²) in [5.41, 5.74) is 2.41. The van der Waals surface area contributed by atoms with E-state index >= 15 is 0 Å². The number of benzene rings is 1. The van der Waals surface area contributed by atoms with Crippen LogP contribution in [0, 0.1) is 0 Å². The number of urea groups is 1. The molecule has 2 aliphatic heterocycles. The van der Waals surface area contributed by atoms with Crippen LogP contribution in [0.1, 0.15) is 43.5 Å². The van der Waals surface area contributed by atoms with Crippen molar-refractivity contribution in [3.8, 4) is 5.75 Å². The van der Waals surface area contributed by atoms with E-state index in [4.69, 9.17) is 4.74 Å². The molecule has 1 fully saturated rings. The van der Waals surface area contributed by atoms with Gasteiger partial charge in [0.05, 0.1) is 31.5 Å². The molecule has 10 heteroatoms. The van der Waals surface area contributed by atoms with Crippen molar-refractivity contribution in [2.24, 2.45) is 7.05 Å². The third-order valence-corrected chi connectivity index (χ3v) is 8.47. The molecule has 9 nitrogen and oxygen atoms in total. The van der Waals surface area contributed by atoms with E-state index in [-0.39, 0.29) is 12.6 Å². The van der Waals surface area contributed by atoms with Gasteiger partial charge in [-0.1, -0.05) is 6.92 Å². The molecule has 1 saturated heterocycles. The van der Waals surface area contributed by atoms with Crippen LogP contribution in [0.5, 0.6) is 5.75 Å². The maximum Gasteiger partial charge on any atom is 0.317 e. The molecule has 0 aliphatic carbocycles. The van der Waals surface area contributed by atoms with Gasteiger partial charge in [-0.05, 0) is 37.0 Å². The quantitative estimate of drug-likeness (QED) is 0.684. The SMILES string of the molecule is CCCNC(=O)N1CCC2(CC1)CN(S(C)(=O)=O)[C@H](CO)c1c2c2ccc(OC)cc2n1C. The summed E-state index contributed by atoms with van der Waals surface area (Å²) in [6, 6.07) is 5.17. The lowest BCUT2D eigenvalue weighted by Gasteiger charge is -2.49. The maximum atomic E-state index is 12.8. The number of sulfonamides is 1. The molecule has 1 atom stereocenters. The first-order valence-corrected chi connectivity index (χ1v) is 13.3. The van der Waals surface area contributed by atoms with Gasteiger partial charge in [0.1, 0.15) is 5.75 Å². The number of aryl methyl sites for hydroxylation is 1. The van der Waals surface area contributed by atoms with Gasteiger partial charge in [-0.25, -0.2) is 13.2 Å². The molecule has 1 spiro atoms. The topological polar surface area (TPSA) is 104 Å². The lowest BCUT2D eigenvalue weighted by atomic mass is 9.69. The monoisotopic (exact) mass is 478 g/mol. The van der Waals surface area contributed by atoms with E-state index in [1.165, 1.54) is 10.6 Å². The number of carbonyl (C=O) groups is 1. The first kappa shape index (κ1) is 23.8. The number of nitrogens with one attached hydrogen (secondary N) is 1. The highest BCUT2D eigenvalue weighted by molar-refractivity contribution is 7.88. The zero-order valence-corrected chi connectivity index (χ0v) is 20.6. The number of fused-ring (bicyclic) bond motifs is 4. The van der Waals surface area contributed by atoms with Crippen molar-refractivity contribution in [3.63, 3.8) is 0 Å². The molecule has 0 bridgehead atoms. The number of carbonyl (C=O) groups excluding carboxylic acids is 1. The molecule has 0 unspecified atom stereocenters. The number of aromatic nitrogens is 1. The van der Waals surface area contributed by atoms with Gasteiger partial charge < -0.3 is 24.6 Å². The lowest BCUT2D eigenvalue weighted by Crippen LogP contribution is -2.56. The highest BCUT2D eigenvalue weighted by Crippen LogP contribution is 2.50. The molecular weight excluding hydrogens is 444 g/mol. The number of rotatable bonds is 5. The molecule has 2 N–H and O–H groups in total. The summed E-state index contributed by atoms with van der Waals surface area (Å²) in [6.45, 7) is 3.73. The van der Waals surface area contributed by atoms with Crippen LogP contribution < -0.4 is 10.1 Å². The Labute approximate surface area is 195 Å². The van der Waals surface area contributed by atoms with Crippen molar-refractivity contribution in [1.29, 1.82) is 0 Å². The fourth-order valence-corrected chi connectivity index (χ4v) is 6.66. The Morgan fingerprint density at radius 3 is 2.58 bits per heavy atom. The Balaban J connectivity index is 1.84. The van der Waals surface area contributed by atoms with Crippen LogP contribution in [-0.4, -0.2) is 79.5 Å². The second kappa shape index (κ2) is 8.81. The van der Waals surface area contributed by atoms with Crippen LogP contribution >= 0.6 is 0 Å². The Bertz CT molecular complexity index is 1150. The van der Waals surface area contributed by atoms with Crippen molar-refractivity contribution in [2.75, 3.05) is 46.2 Å². The van der Waals surface area contributed by atoms with Crippen molar-refractivity contribution in [3.05, 3.63) is 29.5 Å². The number of amides is 2. The van der Waals surface area contributed by atoms with Crippen LogP contribution in [0.15, 0.2) is 18.2 Å². The summed E-state index contributed by atoms with van der Waals surface area (Å²) in [6.07, 6.45) is 3.37. The summed E-state index contributed by atoms with van der Waals surface area (Å²) in [5, 5.41) is 14.3. The summed E-state index contributed by atoms with van der Waals surface area (Å²) in [4.78, 5) is 14.4. The molecule has 33 heavy (non-hydrogen) atoms. The Morgan fingerprint density at radius 1 is 1.30 bits per heavy atom. The summed E-state index contributed by atoms with van der Waals surface area (Å²) in [7, 11) is -0.0411. The average molecular weight is 479 g/mol. The number of piperidine rings is 1. The maximum absolute atomic E-state index is 12.8. The summed E-state index contributed by atoms with van der Waals surface area (Å²) in [5.74, 6) is 0.720. The Kier molecular flexibility index (Phi) is 6.36. The van der Waals surface area contributed by atoms with E-state index in [0.717, 1.165) is 34.3 Å². The van der Waals surface area contributed by atoms with E-state index in [0.29, 0.717) is 39.0 Å². The lowest BCUT2D eigenvalue weighted by molar-refractivity contribution is 0.102. The van der Waals surface area contributed by atoms with Crippen molar-refractivity contribution < 1.29 is 23.1 Å². The van der Waals surface area contributed by atoms with Gasteiger partial charge in [-0.2, -0.15) is 4.31 Å². The molecule has 1 aromatic carbocycles. The number of nitrogens with zero attached hydrogens (tertiary/aromatic N) is 3. The zero-order chi connectivity index (χ0) is 24.0. The predicted molar refractivity (Wildman–Crippen MR) is 127 cm³/mol. The molecule has 182 valence electrons. The van der Waals surface area contributed by atoms with Crippen LogP contribution in [0.3, 0.4) is 0 Å². The van der Waals surface area contributed by atoms with Crippen LogP contribution in [0.4, 0.5) is 4.79 Å². The fraction of sp³-hybridized carbons (Fsp3) is 0.609. The average Bonchev–Trinajstić information content (AvgIpc) is 3.10. The second-order valence-electron chi connectivity index (χ2n) is 9.21. The van der Waals surface area contributed by atoms with Gasteiger partial charge in [0.15, 0.2) is 0 Å². The molecule has 2 aromatic rings. The molecule has 0 saturated carbocycles. The molecule has 1 aromatic heterocycles. The summed E-state index contributed by atoms with van der Waals surface area (Å²) >= 11 is 0. The number of aliphatic hydroxyl groups excluding tert-OH is 1. The molecule has 2 aliphatic rings. The largest absolute Gasteiger partial charge is 0.497 e. The van der Waals surface area contributed by atoms with Crippen molar-refractivity contribution in [2.45, 2.75) is 37.6 Å².